The summed E-state index contributed by atoms with van der Waals surface area (Å²) in [5, 5.41) is 6.14. The molecule has 138 valence electrons. The summed E-state index contributed by atoms with van der Waals surface area (Å²) in [5.74, 6) is -0.337. The van der Waals surface area contributed by atoms with Crippen molar-refractivity contribution in [1.82, 2.24) is 20.2 Å². The van der Waals surface area contributed by atoms with Gasteiger partial charge in [0.25, 0.3) is 0 Å². The van der Waals surface area contributed by atoms with Crippen LogP contribution in [0, 0.1) is 0 Å². The molecule has 3 amide bonds. The first kappa shape index (κ1) is 18.8. The third-order valence-corrected chi connectivity index (χ3v) is 5.62. The van der Waals surface area contributed by atoms with Gasteiger partial charge in [0.2, 0.25) is 5.91 Å². The first-order chi connectivity index (χ1) is 12.5. The van der Waals surface area contributed by atoms with Crippen LogP contribution in [0.15, 0.2) is 41.8 Å². The number of aromatic nitrogens is 2. The Labute approximate surface area is 161 Å². The summed E-state index contributed by atoms with van der Waals surface area (Å²) >= 11 is 7.22. The summed E-state index contributed by atoms with van der Waals surface area (Å²) in [6.45, 7) is 1.75. The van der Waals surface area contributed by atoms with Crippen LogP contribution in [0.5, 0.6) is 0 Å². The van der Waals surface area contributed by atoms with Crippen LogP contribution in [-0.4, -0.2) is 32.8 Å². The Morgan fingerprint density at radius 2 is 1.96 bits per heavy atom. The molecule has 1 saturated carbocycles. The Morgan fingerprint density at radius 3 is 2.65 bits per heavy atom. The highest BCUT2D eigenvalue weighted by atomic mass is 35.5. The van der Waals surface area contributed by atoms with Crippen molar-refractivity contribution in [2.24, 2.45) is 0 Å². The van der Waals surface area contributed by atoms with Crippen molar-refractivity contribution < 1.29 is 9.59 Å². The van der Waals surface area contributed by atoms with Gasteiger partial charge in [-0.3, -0.25) is 14.7 Å². The molecule has 26 heavy (non-hydrogen) atoms. The molecule has 0 bridgehead atoms. The first-order valence-electron chi connectivity index (χ1n) is 8.60. The molecule has 0 unspecified atom stereocenters. The number of benzene rings is 1. The lowest BCUT2D eigenvalue weighted by Crippen LogP contribution is -2.45. The monoisotopic (exact) mass is 392 g/mol. The van der Waals surface area contributed by atoms with E-state index in [0.29, 0.717) is 10.2 Å². The molecular formula is C18H21ClN4O2S. The number of amides is 3. The number of nitrogens with zero attached hydrogens (tertiary/aromatic N) is 2. The van der Waals surface area contributed by atoms with Crippen molar-refractivity contribution in [2.45, 2.75) is 49.1 Å². The Kier molecular flexibility index (Phi) is 6.21. The SMILES string of the molecule is C[C@H](Sc1nccn1-c1ccc(Cl)cc1)C(=O)NC(=O)NC1CCCC1. The standard InChI is InChI=1S/C18H21ClN4O2S/c1-12(16(24)22-17(25)21-14-4-2-3-5-14)26-18-20-10-11-23(18)15-8-6-13(19)7-9-15/h6-12,14H,2-5H2,1H3,(H2,21,22,24,25)/t12-/m0/s1. The molecule has 0 radical (unpaired) electrons. The number of thioether (sulfide) groups is 1. The predicted octanol–water partition coefficient (Wildman–Crippen LogP) is 3.77. The minimum absolute atomic E-state index is 0.176. The van der Waals surface area contributed by atoms with Crippen LogP contribution in [0.25, 0.3) is 5.69 Å². The normalized spacial score (nSPS) is 15.6. The maximum Gasteiger partial charge on any atom is 0.321 e. The van der Waals surface area contributed by atoms with E-state index in [0.717, 1.165) is 31.4 Å². The summed E-state index contributed by atoms with van der Waals surface area (Å²) in [7, 11) is 0. The first-order valence-corrected chi connectivity index (χ1v) is 9.86. The molecule has 2 aromatic rings. The van der Waals surface area contributed by atoms with Gasteiger partial charge in [0.15, 0.2) is 5.16 Å². The maximum atomic E-state index is 12.3. The third-order valence-electron chi connectivity index (χ3n) is 4.29. The van der Waals surface area contributed by atoms with Gasteiger partial charge in [-0.1, -0.05) is 36.2 Å². The highest BCUT2D eigenvalue weighted by Crippen LogP contribution is 2.25. The molecule has 0 saturated heterocycles. The second-order valence-electron chi connectivity index (χ2n) is 6.26. The minimum atomic E-state index is -0.460. The number of carbonyl (C=O) groups is 2. The third kappa shape index (κ3) is 4.80. The van der Waals surface area contributed by atoms with Gasteiger partial charge in [-0.25, -0.2) is 9.78 Å². The molecule has 1 aliphatic carbocycles. The molecule has 0 spiro atoms. The Hall–Kier alpha value is -1.99. The van der Waals surface area contributed by atoms with Gasteiger partial charge in [-0.2, -0.15) is 0 Å². The summed E-state index contributed by atoms with van der Waals surface area (Å²) in [6, 6.07) is 7.12. The average molecular weight is 393 g/mol. The summed E-state index contributed by atoms with van der Waals surface area (Å²) in [6.07, 6.45) is 7.70. The number of hydrogen-bond donors (Lipinski definition) is 2. The number of imidazole rings is 1. The summed E-state index contributed by atoms with van der Waals surface area (Å²) < 4.78 is 1.88. The molecule has 8 heteroatoms. The smallest absolute Gasteiger partial charge is 0.321 e. The molecule has 1 fully saturated rings. The van der Waals surface area contributed by atoms with Gasteiger partial charge in [-0.05, 0) is 44.0 Å². The van der Waals surface area contributed by atoms with Crippen LogP contribution in [0.2, 0.25) is 5.02 Å². The van der Waals surface area contributed by atoms with E-state index in [2.05, 4.69) is 15.6 Å². The zero-order chi connectivity index (χ0) is 18.5. The summed E-state index contributed by atoms with van der Waals surface area (Å²) in [4.78, 5) is 28.6. The van der Waals surface area contributed by atoms with Gasteiger partial charge < -0.3 is 5.32 Å². The summed E-state index contributed by atoms with van der Waals surface area (Å²) in [5.41, 5.74) is 0.904. The molecule has 3 rings (SSSR count). The van der Waals surface area contributed by atoms with E-state index in [1.54, 1.807) is 25.3 Å². The van der Waals surface area contributed by atoms with E-state index >= 15 is 0 Å². The van der Waals surface area contributed by atoms with Gasteiger partial charge in [0, 0.05) is 29.1 Å². The van der Waals surface area contributed by atoms with E-state index in [1.165, 1.54) is 11.8 Å². The second-order valence-corrected chi connectivity index (χ2v) is 8.00. The van der Waals surface area contributed by atoms with E-state index in [1.807, 2.05) is 22.9 Å². The van der Waals surface area contributed by atoms with E-state index in [-0.39, 0.29) is 11.9 Å². The fourth-order valence-corrected chi connectivity index (χ4v) is 3.90. The van der Waals surface area contributed by atoms with Crippen LogP contribution in [0.4, 0.5) is 4.79 Å². The zero-order valence-electron chi connectivity index (χ0n) is 14.4. The second kappa shape index (κ2) is 8.60. The highest BCUT2D eigenvalue weighted by molar-refractivity contribution is 8.00. The molecular weight excluding hydrogens is 372 g/mol. The highest BCUT2D eigenvalue weighted by Gasteiger charge is 2.22. The number of imide groups is 1. The van der Waals surface area contributed by atoms with Crippen molar-refractivity contribution in [2.75, 3.05) is 0 Å². The topological polar surface area (TPSA) is 76.0 Å². The van der Waals surface area contributed by atoms with Crippen LogP contribution in [-0.2, 0) is 4.79 Å². The van der Waals surface area contributed by atoms with Gasteiger partial charge in [0.1, 0.15) is 0 Å². The van der Waals surface area contributed by atoms with Gasteiger partial charge >= 0.3 is 6.03 Å². The van der Waals surface area contributed by atoms with Crippen LogP contribution in [0.3, 0.4) is 0 Å². The Morgan fingerprint density at radius 1 is 1.27 bits per heavy atom. The quantitative estimate of drug-likeness (QED) is 0.759. The molecule has 1 aromatic heterocycles. The maximum absolute atomic E-state index is 12.3. The van der Waals surface area contributed by atoms with Crippen molar-refractivity contribution in [3.63, 3.8) is 0 Å². The fourth-order valence-electron chi connectivity index (χ4n) is 2.89. The Balaban J connectivity index is 1.58. The lowest BCUT2D eigenvalue weighted by molar-refractivity contribution is -0.119. The lowest BCUT2D eigenvalue weighted by Gasteiger charge is -2.15. The number of halogens is 1. The molecule has 1 aliphatic rings. The van der Waals surface area contributed by atoms with Crippen LogP contribution < -0.4 is 10.6 Å². The lowest BCUT2D eigenvalue weighted by atomic mass is 10.2. The average Bonchev–Trinajstić information content (AvgIpc) is 3.27. The van der Waals surface area contributed by atoms with E-state index in [4.69, 9.17) is 11.6 Å². The van der Waals surface area contributed by atoms with Gasteiger partial charge in [0.05, 0.1) is 5.25 Å². The largest absolute Gasteiger partial charge is 0.335 e. The predicted molar refractivity (Wildman–Crippen MR) is 103 cm³/mol. The number of urea groups is 1. The number of nitrogens with one attached hydrogen (secondary N) is 2. The van der Waals surface area contributed by atoms with Crippen molar-refractivity contribution in [1.29, 1.82) is 0 Å². The molecule has 1 aromatic carbocycles. The zero-order valence-corrected chi connectivity index (χ0v) is 16.0. The molecule has 0 aliphatic heterocycles. The number of hydrogen-bond acceptors (Lipinski definition) is 4. The van der Waals surface area contributed by atoms with Crippen molar-refractivity contribution >= 4 is 35.3 Å². The van der Waals surface area contributed by atoms with Crippen LogP contribution >= 0.6 is 23.4 Å². The van der Waals surface area contributed by atoms with Crippen LogP contribution in [0.1, 0.15) is 32.6 Å². The molecule has 2 N–H and O–H groups in total. The van der Waals surface area contributed by atoms with Crippen molar-refractivity contribution in [3.05, 3.63) is 41.7 Å². The molecule has 1 heterocycles. The minimum Gasteiger partial charge on any atom is -0.335 e. The van der Waals surface area contributed by atoms with Gasteiger partial charge in [-0.15, -0.1) is 0 Å². The number of rotatable bonds is 5. The van der Waals surface area contributed by atoms with E-state index < -0.39 is 11.3 Å². The number of carbonyl (C=O) groups excluding carboxylic acids is 2. The Bertz CT molecular complexity index is 772. The van der Waals surface area contributed by atoms with E-state index in [9.17, 15) is 9.59 Å². The van der Waals surface area contributed by atoms with Crippen molar-refractivity contribution in [3.8, 4) is 5.69 Å². The molecule has 1 atom stereocenters. The molecule has 6 nitrogen and oxygen atoms in total. The fraction of sp³-hybridized carbons (Fsp3) is 0.389.